The number of rotatable bonds is 7. The van der Waals surface area contributed by atoms with Gasteiger partial charge in [0.1, 0.15) is 6.04 Å². The summed E-state index contributed by atoms with van der Waals surface area (Å²) in [5, 5.41) is 5.68. The molecule has 0 spiro atoms. The maximum Gasteiger partial charge on any atom is 0.243 e. The van der Waals surface area contributed by atoms with Crippen molar-refractivity contribution in [3.05, 3.63) is 30.1 Å². The molecule has 27 heavy (non-hydrogen) atoms. The normalized spacial score (nSPS) is 17.5. The molecule has 1 aromatic rings. The first-order chi connectivity index (χ1) is 12.7. The van der Waals surface area contributed by atoms with E-state index in [2.05, 4.69) is 15.6 Å². The smallest absolute Gasteiger partial charge is 0.243 e. The molecule has 0 aromatic carbocycles. The van der Waals surface area contributed by atoms with Crippen molar-refractivity contribution in [3.63, 3.8) is 0 Å². The molecule has 2 amide bonds. The summed E-state index contributed by atoms with van der Waals surface area (Å²) in [6, 6.07) is 3.03. The molecule has 8 nitrogen and oxygen atoms in total. The molecule has 150 valence electrons. The van der Waals surface area contributed by atoms with Gasteiger partial charge in [0, 0.05) is 37.9 Å². The maximum atomic E-state index is 12.6. The molecule has 0 saturated carbocycles. The van der Waals surface area contributed by atoms with E-state index < -0.39 is 16.1 Å². The third kappa shape index (κ3) is 6.28. The first kappa shape index (κ1) is 21.3. The van der Waals surface area contributed by atoms with Crippen LogP contribution in [0, 0.1) is 11.8 Å². The summed E-state index contributed by atoms with van der Waals surface area (Å²) in [6.07, 6.45) is 5.44. The second kappa shape index (κ2) is 9.27. The summed E-state index contributed by atoms with van der Waals surface area (Å²) in [5.74, 6) is -0.788. The Bertz CT molecular complexity index is 744. The predicted molar refractivity (Wildman–Crippen MR) is 102 cm³/mol. The fourth-order valence-corrected chi connectivity index (χ4v) is 3.93. The van der Waals surface area contributed by atoms with Crippen LogP contribution < -0.4 is 10.6 Å². The highest BCUT2D eigenvalue weighted by Crippen LogP contribution is 2.20. The lowest BCUT2D eigenvalue weighted by Crippen LogP contribution is -2.52. The van der Waals surface area contributed by atoms with Crippen molar-refractivity contribution in [1.82, 2.24) is 19.9 Å². The van der Waals surface area contributed by atoms with Gasteiger partial charge in [-0.25, -0.2) is 12.7 Å². The van der Waals surface area contributed by atoms with Crippen LogP contribution in [0.1, 0.15) is 32.3 Å². The lowest BCUT2D eigenvalue weighted by molar-refractivity contribution is -0.132. The molecule has 0 bridgehead atoms. The standard InChI is InChI=1S/C18H28N4O4S/c1-13(2)16(18(24)20-12-14-5-4-8-19-11-14)21-17(23)15-6-9-22(10-7-15)27(3,25)26/h4-5,8,11,13,15-16H,6-7,9-10,12H2,1-3H3,(H,20,24)(H,21,23)/t16-/m1/s1. The van der Waals surface area contributed by atoms with E-state index in [0.717, 1.165) is 5.56 Å². The molecular weight excluding hydrogens is 368 g/mol. The van der Waals surface area contributed by atoms with Gasteiger partial charge in [0.15, 0.2) is 0 Å². The van der Waals surface area contributed by atoms with Crippen molar-refractivity contribution >= 4 is 21.8 Å². The molecule has 1 atom stereocenters. The number of pyridine rings is 1. The quantitative estimate of drug-likeness (QED) is 0.698. The van der Waals surface area contributed by atoms with E-state index in [9.17, 15) is 18.0 Å². The molecule has 2 rings (SSSR count). The van der Waals surface area contributed by atoms with Gasteiger partial charge in [0.25, 0.3) is 0 Å². The maximum absolute atomic E-state index is 12.6. The van der Waals surface area contributed by atoms with Crippen LogP contribution in [-0.4, -0.2) is 54.9 Å². The minimum absolute atomic E-state index is 0.0704. The largest absolute Gasteiger partial charge is 0.350 e. The van der Waals surface area contributed by atoms with Gasteiger partial charge in [-0.05, 0) is 30.4 Å². The van der Waals surface area contributed by atoms with Gasteiger partial charge in [-0.1, -0.05) is 19.9 Å². The second-order valence-electron chi connectivity index (χ2n) is 7.25. The van der Waals surface area contributed by atoms with Crippen LogP contribution in [0.4, 0.5) is 0 Å². The SMILES string of the molecule is CC(C)[C@@H](NC(=O)C1CCN(S(C)(=O)=O)CC1)C(=O)NCc1cccnc1. The number of sulfonamides is 1. The zero-order valence-corrected chi connectivity index (χ0v) is 16.8. The Kier molecular flexibility index (Phi) is 7.32. The van der Waals surface area contributed by atoms with E-state index in [1.54, 1.807) is 18.5 Å². The average Bonchev–Trinajstić information content (AvgIpc) is 2.64. The molecule has 1 aromatic heterocycles. The van der Waals surface area contributed by atoms with E-state index in [1.165, 1.54) is 10.6 Å². The van der Waals surface area contributed by atoms with Crippen molar-refractivity contribution in [2.75, 3.05) is 19.3 Å². The summed E-state index contributed by atoms with van der Waals surface area (Å²) >= 11 is 0. The number of hydrogen-bond acceptors (Lipinski definition) is 5. The van der Waals surface area contributed by atoms with Gasteiger partial charge in [0.05, 0.1) is 6.26 Å². The second-order valence-corrected chi connectivity index (χ2v) is 9.23. The average molecular weight is 397 g/mol. The van der Waals surface area contributed by atoms with Crippen LogP contribution in [0.2, 0.25) is 0 Å². The van der Waals surface area contributed by atoms with Crippen LogP contribution in [-0.2, 0) is 26.2 Å². The molecule has 0 radical (unpaired) electrons. The van der Waals surface area contributed by atoms with Crippen LogP contribution in [0.25, 0.3) is 0 Å². The highest BCUT2D eigenvalue weighted by Gasteiger charge is 2.32. The number of aromatic nitrogens is 1. The first-order valence-corrected chi connectivity index (χ1v) is 11.0. The summed E-state index contributed by atoms with van der Waals surface area (Å²) in [4.78, 5) is 29.1. The Hall–Kier alpha value is -2.00. The Labute approximate surface area is 160 Å². The van der Waals surface area contributed by atoms with Gasteiger partial charge in [-0.3, -0.25) is 14.6 Å². The van der Waals surface area contributed by atoms with Gasteiger partial charge in [-0.2, -0.15) is 0 Å². The van der Waals surface area contributed by atoms with E-state index >= 15 is 0 Å². The summed E-state index contributed by atoms with van der Waals surface area (Å²) < 4.78 is 24.5. The van der Waals surface area contributed by atoms with Crippen LogP contribution >= 0.6 is 0 Å². The van der Waals surface area contributed by atoms with E-state index in [-0.39, 0.29) is 23.7 Å². The predicted octanol–water partition coefficient (Wildman–Crippen LogP) is 0.510. The van der Waals surface area contributed by atoms with E-state index in [1.807, 2.05) is 19.9 Å². The zero-order chi connectivity index (χ0) is 20.0. The van der Waals surface area contributed by atoms with Crippen LogP contribution in [0.3, 0.4) is 0 Å². The molecule has 1 aliphatic heterocycles. The Morgan fingerprint density at radius 3 is 2.48 bits per heavy atom. The number of piperidine rings is 1. The van der Waals surface area contributed by atoms with Gasteiger partial charge < -0.3 is 10.6 Å². The molecule has 2 N–H and O–H groups in total. The zero-order valence-electron chi connectivity index (χ0n) is 16.0. The number of carbonyl (C=O) groups is 2. The Morgan fingerprint density at radius 2 is 1.96 bits per heavy atom. The molecule has 1 aliphatic rings. The van der Waals surface area contributed by atoms with Gasteiger partial charge >= 0.3 is 0 Å². The minimum atomic E-state index is -3.23. The fourth-order valence-electron chi connectivity index (χ4n) is 3.06. The number of hydrogen-bond donors (Lipinski definition) is 2. The number of amides is 2. The summed E-state index contributed by atoms with van der Waals surface area (Å²) in [5.41, 5.74) is 0.882. The molecule has 0 aliphatic carbocycles. The lowest BCUT2D eigenvalue weighted by atomic mass is 9.95. The topological polar surface area (TPSA) is 108 Å². The van der Waals surface area contributed by atoms with Gasteiger partial charge in [0.2, 0.25) is 21.8 Å². The number of nitrogens with zero attached hydrogens (tertiary/aromatic N) is 2. The summed E-state index contributed by atoms with van der Waals surface area (Å²) in [7, 11) is -3.23. The van der Waals surface area contributed by atoms with Gasteiger partial charge in [-0.15, -0.1) is 0 Å². The first-order valence-electron chi connectivity index (χ1n) is 9.10. The lowest BCUT2D eigenvalue weighted by Gasteiger charge is -2.31. The molecular formula is C18H28N4O4S. The molecule has 0 unspecified atom stereocenters. The van der Waals surface area contributed by atoms with Crippen molar-refractivity contribution < 1.29 is 18.0 Å². The van der Waals surface area contributed by atoms with E-state index in [4.69, 9.17) is 0 Å². The van der Waals surface area contributed by atoms with Crippen molar-refractivity contribution in [3.8, 4) is 0 Å². The fraction of sp³-hybridized carbons (Fsp3) is 0.611. The third-order valence-electron chi connectivity index (χ3n) is 4.73. The summed E-state index contributed by atoms with van der Waals surface area (Å²) in [6.45, 7) is 4.76. The number of nitrogens with one attached hydrogen (secondary N) is 2. The van der Waals surface area contributed by atoms with Crippen LogP contribution in [0.5, 0.6) is 0 Å². The third-order valence-corrected chi connectivity index (χ3v) is 6.03. The minimum Gasteiger partial charge on any atom is -0.350 e. The monoisotopic (exact) mass is 396 g/mol. The highest BCUT2D eigenvalue weighted by molar-refractivity contribution is 7.88. The number of carbonyl (C=O) groups excluding carboxylic acids is 2. The van der Waals surface area contributed by atoms with Crippen molar-refractivity contribution in [2.45, 2.75) is 39.3 Å². The Morgan fingerprint density at radius 1 is 1.30 bits per heavy atom. The molecule has 9 heteroatoms. The molecule has 1 saturated heterocycles. The van der Waals surface area contributed by atoms with Crippen molar-refractivity contribution in [1.29, 1.82) is 0 Å². The highest BCUT2D eigenvalue weighted by atomic mass is 32.2. The van der Waals surface area contributed by atoms with Crippen LogP contribution in [0.15, 0.2) is 24.5 Å². The molecule has 2 heterocycles. The van der Waals surface area contributed by atoms with E-state index in [0.29, 0.717) is 32.5 Å². The molecule has 1 fully saturated rings. The Balaban J connectivity index is 1.89. The van der Waals surface area contributed by atoms with Crippen molar-refractivity contribution in [2.24, 2.45) is 11.8 Å².